The van der Waals surface area contributed by atoms with Crippen molar-refractivity contribution >= 4 is 22.8 Å². The van der Waals surface area contributed by atoms with Crippen LogP contribution in [0.5, 0.6) is 0 Å². The van der Waals surface area contributed by atoms with E-state index in [0.717, 1.165) is 23.7 Å². The molecular formula is C17H22N4O2. The second-order valence-corrected chi connectivity index (χ2v) is 5.93. The predicted molar refractivity (Wildman–Crippen MR) is 89.5 cm³/mol. The number of benzene rings is 1. The first-order chi connectivity index (χ1) is 11.3. The SMILES string of the molecule is O=C(NCCO)c1ccc2cnc(NC3CCCCC3)nc2c1. The molecule has 1 saturated carbocycles. The molecule has 1 heterocycles. The van der Waals surface area contributed by atoms with Gasteiger partial charge in [0, 0.05) is 29.7 Å². The average molecular weight is 314 g/mol. The fourth-order valence-corrected chi connectivity index (χ4v) is 2.94. The van der Waals surface area contributed by atoms with Crippen LogP contribution in [0.4, 0.5) is 5.95 Å². The number of fused-ring (bicyclic) bond motifs is 1. The van der Waals surface area contributed by atoms with Crippen LogP contribution in [0.15, 0.2) is 24.4 Å². The molecule has 1 aliphatic carbocycles. The third-order valence-electron chi connectivity index (χ3n) is 4.18. The Morgan fingerprint density at radius 3 is 2.87 bits per heavy atom. The molecule has 0 spiro atoms. The number of nitrogens with one attached hydrogen (secondary N) is 2. The molecule has 1 aromatic carbocycles. The molecule has 0 aliphatic heterocycles. The Morgan fingerprint density at radius 2 is 2.09 bits per heavy atom. The summed E-state index contributed by atoms with van der Waals surface area (Å²) in [5.74, 6) is 0.415. The Labute approximate surface area is 135 Å². The standard InChI is InChI=1S/C17H22N4O2/c22-9-8-18-16(23)12-6-7-13-11-19-17(21-15(13)10-12)20-14-4-2-1-3-5-14/h6-7,10-11,14,22H,1-5,8-9H2,(H,18,23)(H,19,20,21). The number of carbonyl (C=O) groups excluding carboxylic acids is 1. The van der Waals surface area contributed by atoms with E-state index in [1.165, 1.54) is 19.3 Å². The van der Waals surface area contributed by atoms with Gasteiger partial charge in [0.25, 0.3) is 5.91 Å². The van der Waals surface area contributed by atoms with Crippen LogP contribution >= 0.6 is 0 Å². The van der Waals surface area contributed by atoms with E-state index in [9.17, 15) is 4.79 Å². The zero-order valence-electron chi connectivity index (χ0n) is 13.1. The first-order valence-electron chi connectivity index (χ1n) is 8.18. The summed E-state index contributed by atoms with van der Waals surface area (Å²) in [6.07, 6.45) is 7.91. The van der Waals surface area contributed by atoms with Crippen LogP contribution in [0.2, 0.25) is 0 Å². The molecule has 6 nitrogen and oxygen atoms in total. The van der Waals surface area contributed by atoms with Crippen molar-refractivity contribution in [3.63, 3.8) is 0 Å². The highest BCUT2D eigenvalue weighted by atomic mass is 16.3. The highest BCUT2D eigenvalue weighted by Crippen LogP contribution is 2.21. The van der Waals surface area contributed by atoms with Crippen molar-refractivity contribution < 1.29 is 9.90 Å². The van der Waals surface area contributed by atoms with E-state index in [4.69, 9.17) is 5.11 Å². The summed E-state index contributed by atoms with van der Waals surface area (Å²) in [7, 11) is 0. The number of carbonyl (C=O) groups is 1. The molecule has 0 atom stereocenters. The van der Waals surface area contributed by atoms with Crippen molar-refractivity contribution in [2.24, 2.45) is 0 Å². The van der Waals surface area contributed by atoms with Gasteiger partial charge in [0.05, 0.1) is 12.1 Å². The largest absolute Gasteiger partial charge is 0.395 e. The van der Waals surface area contributed by atoms with Gasteiger partial charge in [-0.1, -0.05) is 25.3 Å². The molecule has 3 rings (SSSR count). The lowest BCUT2D eigenvalue weighted by atomic mass is 9.96. The minimum atomic E-state index is -0.207. The van der Waals surface area contributed by atoms with Gasteiger partial charge in [-0.15, -0.1) is 0 Å². The van der Waals surface area contributed by atoms with Crippen LogP contribution in [-0.2, 0) is 0 Å². The van der Waals surface area contributed by atoms with Gasteiger partial charge in [-0.3, -0.25) is 4.79 Å². The third kappa shape index (κ3) is 3.96. The fourth-order valence-electron chi connectivity index (χ4n) is 2.94. The molecule has 1 amide bonds. The summed E-state index contributed by atoms with van der Waals surface area (Å²) in [6, 6.07) is 5.79. The summed E-state index contributed by atoms with van der Waals surface area (Å²) in [6.45, 7) is 0.173. The Hall–Kier alpha value is -2.21. The van der Waals surface area contributed by atoms with E-state index in [1.54, 1.807) is 18.3 Å². The van der Waals surface area contributed by atoms with E-state index in [0.29, 0.717) is 17.6 Å². The molecule has 0 radical (unpaired) electrons. The Balaban J connectivity index is 1.78. The van der Waals surface area contributed by atoms with Crippen LogP contribution in [0.3, 0.4) is 0 Å². The molecular weight excluding hydrogens is 292 g/mol. The van der Waals surface area contributed by atoms with Gasteiger partial charge >= 0.3 is 0 Å². The van der Waals surface area contributed by atoms with Crippen molar-refractivity contribution in [3.8, 4) is 0 Å². The first kappa shape index (κ1) is 15.7. The number of amides is 1. The summed E-state index contributed by atoms with van der Waals surface area (Å²) in [5, 5.41) is 15.7. The highest BCUT2D eigenvalue weighted by Gasteiger charge is 2.14. The number of aliphatic hydroxyl groups excluding tert-OH is 1. The van der Waals surface area contributed by atoms with E-state index < -0.39 is 0 Å². The van der Waals surface area contributed by atoms with Crippen molar-refractivity contribution in [2.45, 2.75) is 38.1 Å². The monoisotopic (exact) mass is 314 g/mol. The van der Waals surface area contributed by atoms with Gasteiger partial charge in [0.15, 0.2) is 0 Å². The number of nitrogens with zero attached hydrogens (tertiary/aromatic N) is 2. The van der Waals surface area contributed by atoms with E-state index >= 15 is 0 Å². The minimum Gasteiger partial charge on any atom is -0.395 e. The molecule has 1 aliphatic rings. The fraction of sp³-hybridized carbons (Fsp3) is 0.471. The van der Waals surface area contributed by atoms with Crippen molar-refractivity contribution in [1.82, 2.24) is 15.3 Å². The molecule has 23 heavy (non-hydrogen) atoms. The van der Waals surface area contributed by atoms with Gasteiger partial charge in [0.1, 0.15) is 0 Å². The molecule has 122 valence electrons. The lowest BCUT2D eigenvalue weighted by Crippen LogP contribution is -2.26. The van der Waals surface area contributed by atoms with Crippen molar-refractivity contribution in [3.05, 3.63) is 30.0 Å². The summed E-state index contributed by atoms with van der Waals surface area (Å²) in [5.41, 5.74) is 1.28. The zero-order chi connectivity index (χ0) is 16.1. The lowest BCUT2D eigenvalue weighted by molar-refractivity contribution is 0.0945. The van der Waals surface area contributed by atoms with Gasteiger partial charge in [-0.25, -0.2) is 9.97 Å². The molecule has 6 heteroatoms. The highest BCUT2D eigenvalue weighted by molar-refractivity contribution is 5.97. The second-order valence-electron chi connectivity index (χ2n) is 5.93. The van der Waals surface area contributed by atoms with Gasteiger partial charge in [-0.2, -0.15) is 0 Å². The minimum absolute atomic E-state index is 0.0725. The quantitative estimate of drug-likeness (QED) is 0.786. The maximum absolute atomic E-state index is 12.0. The Kier molecular flexibility index (Phi) is 5.02. The molecule has 3 N–H and O–H groups in total. The Bertz CT molecular complexity index is 683. The number of aliphatic hydroxyl groups is 1. The third-order valence-corrected chi connectivity index (χ3v) is 4.18. The van der Waals surface area contributed by atoms with E-state index in [1.807, 2.05) is 6.07 Å². The number of rotatable bonds is 5. The maximum atomic E-state index is 12.0. The normalized spacial score (nSPS) is 15.5. The van der Waals surface area contributed by atoms with Crippen LogP contribution < -0.4 is 10.6 Å². The van der Waals surface area contributed by atoms with Crippen molar-refractivity contribution in [1.29, 1.82) is 0 Å². The summed E-state index contributed by atoms with van der Waals surface area (Å²) >= 11 is 0. The number of hydrogen-bond acceptors (Lipinski definition) is 5. The molecule has 0 unspecified atom stereocenters. The smallest absolute Gasteiger partial charge is 0.251 e. The van der Waals surface area contributed by atoms with Crippen LogP contribution in [0, 0.1) is 0 Å². The number of aromatic nitrogens is 2. The topological polar surface area (TPSA) is 87.1 Å². The first-order valence-corrected chi connectivity index (χ1v) is 8.18. The molecule has 1 fully saturated rings. The van der Waals surface area contributed by atoms with E-state index in [2.05, 4.69) is 20.6 Å². The molecule has 2 aromatic rings. The van der Waals surface area contributed by atoms with Crippen LogP contribution in [0.1, 0.15) is 42.5 Å². The van der Waals surface area contributed by atoms with Crippen LogP contribution in [0.25, 0.3) is 10.9 Å². The lowest BCUT2D eigenvalue weighted by Gasteiger charge is -2.22. The van der Waals surface area contributed by atoms with E-state index in [-0.39, 0.29) is 19.1 Å². The number of anilines is 1. The zero-order valence-corrected chi connectivity index (χ0v) is 13.1. The molecule has 0 bridgehead atoms. The van der Waals surface area contributed by atoms with Crippen LogP contribution in [-0.4, -0.2) is 40.2 Å². The van der Waals surface area contributed by atoms with Gasteiger partial charge in [-0.05, 0) is 25.0 Å². The maximum Gasteiger partial charge on any atom is 0.251 e. The molecule has 0 saturated heterocycles. The Morgan fingerprint density at radius 1 is 1.26 bits per heavy atom. The summed E-state index contributed by atoms with van der Waals surface area (Å²) in [4.78, 5) is 20.9. The van der Waals surface area contributed by atoms with Gasteiger partial charge in [0.2, 0.25) is 5.95 Å². The van der Waals surface area contributed by atoms with Gasteiger partial charge < -0.3 is 15.7 Å². The second kappa shape index (κ2) is 7.37. The average Bonchev–Trinajstić information content (AvgIpc) is 2.60. The predicted octanol–water partition coefficient (Wildman–Crippen LogP) is 2.10. The summed E-state index contributed by atoms with van der Waals surface area (Å²) < 4.78 is 0. The van der Waals surface area contributed by atoms with Crippen molar-refractivity contribution in [2.75, 3.05) is 18.5 Å². The molecule has 1 aromatic heterocycles. The number of hydrogen-bond donors (Lipinski definition) is 3.